The second-order valence-corrected chi connectivity index (χ2v) is 9.72. The lowest BCUT2D eigenvalue weighted by Gasteiger charge is -2.15. The SMILES string of the molecule is Cc1ccccc1NC(=O)Nc1ccc(-c2c(C)nc(C)n(Cc3ccc([C@H](C)CC(=O)O)cc3)c2=O)cc1. The summed E-state index contributed by atoms with van der Waals surface area (Å²) in [5, 5.41) is 14.7. The van der Waals surface area contributed by atoms with Crippen molar-refractivity contribution < 1.29 is 14.7 Å². The number of aryl methyl sites for hydroxylation is 3. The standard InChI is InChI=1S/C31H32N4O4/c1-19-7-5-6-8-27(19)34-31(39)33-26-15-13-25(14-16-26)29-21(3)32-22(4)35(30(29)38)18-23-9-11-24(12-10-23)20(2)17-28(36)37/h5-16,20H,17-18H2,1-4H3,(H,36,37)(H2,33,34,39)/t20-/m1/s1. The maximum Gasteiger partial charge on any atom is 0.323 e. The summed E-state index contributed by atoms with van der Waals surface area (Å²) in [5.74, 6) is -0.322. The molecule has 0 bridgehead atoms. The zero-order valence-corrected chi connectivity index (χ0v) is 22.5. The molecule has 39 heavy (non-hydrogen) atoms. The van der Waals surface area contributed by atoms with Crippen LogP contribution >= 0.6 is 0 Å². The van der Waals surface area contributed by atoms with E-state index >= 15 is 0 Å². The number of carboxylic acid groups (broad SMARTS) is 1. The maximum absolute atomic E-state index is 13.6. The number of hydrogen-bond acceptors (Lipinski definition) is 4. The van der Waals surface area contributed by atoms with E-state index in [0.717, 1.165) is 22.4 Å². The van der Waals surface area contributed by atoms with Crippen LogP contribution in [0.25, 0.3) is 11.1 Å². The number of para-hydroxylation sites is 1. The first-order chi connectivity index (χ1) is 18.6. The number of amides is 2. The molecular formula is C31H32N4O4. The van der Waals surface area contributed by atoms with Crippen molar-refractivity contribution in [3.8, 4) is 11.1 Å². The molecule has 0 radical (unpaired) electrons. The first-order valence-electron chi connectivity index (χ1n) is 12.7. The molecular weight excluding hydrogens is 492 g/mol. The number of urea groups is 1. The van der Waals surface area contributed by atoms with Gasteiger partial charge >= 0.3 is 12.0 Å². The molecule has 0 unspecified atom stereocenters. The number of carbonyl (C=O) groups is 2. The molecule has 3 aromatic carbocycles. The van der Waals surface area contributed by atoms with Crippen LogP contribution in [0.15, 0.2) is 77.6 Å². The van der Waals surface area contributed by atoms with E-state index in [2.05, 4.69) is 15.6 Å². The van der Waals surface area contributed by atoms with Crippen molar-refractivity contribution in [3.63, 3.8) is 0 Å². The number of rotatable bonds is 8. The van der Waals surface area contributed by atoms with Gasteiger partial charge in [-0.2, -0.15) is 0 Å². The van der Waals surface area contributed by atoms with Crippen molar-refractivity contribution >= 4 is 23.4 Å². The molecule has 4 aromatic rings. The molecule has 0 aliphatic heterocycles. The second kappa shape index (κ2) is 11.8. The molecule has 0 spiro atoms. The van der Waals surface area contributed by atoms with Gasteiger partial charge < -0.3 is 15.7 Å². The predicted molar refractivity (Wildman–Crippen MR) is 153 cm³/mol. The Morgan fingerprint density at radius 3 is 2.23 bits per heavy atom. The summed E-state index contributed by atoms with van der Waals surface area (Å²) in [6.45, 7) is 7.77. The van der Waals surface area contributed by atoms with Gasteiger partial charge in [0.05, 0.1) is 24.2 Å². The predicted octanol–water partition coefficient (Wildman–Crippen LogP) is 6.11. The summed E-state index contributed by atoms with van der Waals surface area (Å²) >= 11 is 0. The average molecular weight is 525 g/mol. The molecule has 4 rings (SSSR count). The molecule has 0 aliphatic rings. The maximum atomic E-state index is 13.6. The van der Waals surface area contributed by atoms with E-state index in [-0.39, 0.29) is 23.9 Å². The highest BCUT2D eigenvalue weighted by Crippen LogP contribution is 2.23. The number of anilines is 2. The summed E-state index contributed by atoms with van der Waals surface area (Å²) in [5.41, 5.74) is 5.84. The van der Waals surface area contributed by atoms with Gasteiger partial charge in [0.15, 0.2) is 0 Å². The van der Waals surface area contributed by atoms with E-state index in [1.165, 1.54) is 0 Å². The smallest absolute Gasteiger partial charge is 0.323 e. The van der Waals surface area contributed by atoms with Gasteiger partial charge in [-0.3, -0.25) is 14.2 Å². The molecule has 0 saturated heterocycles. The Kier molecular flexibility index (Phi) is 8.24. The molecule has 8 heteroatoms. The fourth-order valence-corrected chi connectivity index (χ4v) is 4.55. The van der Waals surface area contributed by atoms with Crippen LogP contribution in [-0.2, 0) is 11.3 Å². The Bertz CT molecular complexity index is 1560. The van der Waals surface area contributed by atoms with Gasteiger partial charge in [0.25, 0.3) is 5.56 Å². The summed E-state index contributed by atoms with van der Waals surface area (Å²) in [6.07, 6.45) is 0.0643. The van der Waals surface area contributed by atoms with Crippen molar-refractivity contribution in [1.82, 2.24) is 9.55 Å². The number of hydrogen-bond donors (Lipinski definition) is 3. The van der Waals surface area contributed by atoms with E-state index < -0.39 is 5.97 Å². The number of benzene rings is 3. The van der Waals surface area contributed by atoms with Gasteiger partial charge in [-0.05, 0) is 67.1 Å². The van der Waals surface area contributed by atoms with Crippen LogP contribution in [0.4, 0.5) is 16.2 Å². The van der Waals surface area contributed by atoms with E-state index in [0.29, 0.717) is 34.9 Å². The van der Waals surface area contributed by atoms with E-state index in [1.807, 2.05) is 76.2 Å². The van der Waals surface area contributed by atoms with Crippen molar-refractivity contribution in [1.29, 1.82) is 0 Å². The number of aromatic nitrogens is 2. The fraction of sp³-hybridized carbons (Fsp3) is 0.226. The van der Waals surface area contributed by atoms with Crippen LogP contribution in [0.3, 0.4) is 0 Å². The van der Waals surface area contributed by atoms with E-state index in [4.69, 9.17) is 5.11 Å². The highest BCUT2D eigenvalue weighted by Gasteiger charge is 2.15. The van der Waals surface area contributed by atoms with Gasteiger partial charge in [-0.15, -0.1) is 0 Å². The molecule has 0 aliphatic carbocycles. The summed E-state index contributed by atoms with van der Waals surface area (Å²) in [4.78, 5) is 41.7. The highest BCUT2D eigenvalue weighted by atomic mass is 16.4. The van der Waals surface area contributed by atoms with Crippen LogP contribution in [0, 0.1) is 20.8 Å². The lowest BCUT2D eigenvalue weighted by molar-refractivity contribution is -0.137. The Morgan fingerprint density at radius 1 is 0.923 bits per heavy atom. The van der Waals surface area contributed by atoms with Crippen LogP contribution in [0.1, 0.15) is 47.5 Å². The first-order valence-corrected chi connectivity index (χ1v) is 12.7. The molecule has 0 fully saturated rings. The monoisotopic (exact) mass is 524 g/mol. The van der Waals surface area contributed by atoms with Crippen LogP contribution < -0.4 is 16.2 Å². The number of carbonyl (C=O) groups excluding carboxylic acids is 1. The number of nitrogens with one attached hydrogen (secondary N) is 2. The molecule has 8 nitrogen and oxygen atoms in total. The largest absolute Gasteiger partial charge is 0.481 e. The average Bonchev–Trinajstić information content (AvgIpc) is 2.89. The molecule has 0 saturated carbocycles. The molecule has 1 atom stereocenters. The third-order valence-corrected chi connectivity index (χ3v) is 6.74. The first kappa shape index (κ1) is 27.3. The minimum absolute atomic E-state index is 0.0643. The Balaban J connectivity index is 1.52. The third-order valence-electron chi connectivity index (χ3n) is 6.74. The van der Waals surface area contributed by atoms with Crippen molar-refractivity contribution in [2.45, 2.75) is 46.6 Å². The van der Waals surface area contributed by atoms with E-state index in [1.54, 1.807) is 28.8 Å². The zero-order chi connectivity index (χ0) is 28.1. The van der Waals surface area contributed by atoms with Crippen molar-refractivity contribution in [2.75, 3.05) is 10.6 Å². The van der Waals surface area contributed by atoms with Gasteiger partial charge in [0, 0.05) is 11.4 Å². The number of aliphatic carboxylic acids is 1. The van der Waals surface area contributed by atoms with Crippen LogP contribution in [0.2, 0.25) is 0 Å². The number of carboxylic acids is 1. The quantitative estimate of drug-likeness (QED) is 0.258. The molecule has 1 heterocycles. The molecule has 2 amide bonds. The zero-order valence-electron chi connectivity index (χ0n) is 22.5. The summed E-state index contributed by atoms with van der Waals surface area (Å²) in [6, 6.07) is 21.9. The van der Waals surface area contributed by atoms with E-state index in [9.17, 15) is 14.4 Å². The van der Waals surface area contributed by atoms with Crippen LogP contribution in [0.5, 0.6) is 0 Å². The van der Waals surface area contributed by atoms with Crippen LogP contribution in [-0.4, -0.2) is 26.7 Å². The highest BCUT2D eigenvalue weighted by molar-refractivity contribution is 6.00. The molecule has 3 N–H and O–H groups in total. The normalized spacial score (nSPS) is 11.6. The lowest BCUT2D eigenvalue weighted by Crippen LogP contribution is -2.27. The second-order valence-electron chi connectivity index (χ2n) is 9.72. The minimum atomic E-state index is -0.832. The fourth-order valence-electron chi connectivity index (χ4n) is 4.55. The van der Waals surface area contributed by atoms with Gasteiger partial charge in [-0.25, -0.2) is 9.78 Å². The van der Waals surface area contributed by atoms with Crippen molar-refractivity contribution in [2.24, 2.45) is 0 Å². The Labute approximate surface area is 227 Å². The Morgan fingerprint density at radius 2 is 1.59 bits per heavy atom. The van der Waals surface area contributed by atoms with Gasteiger partial charge in [0.2, 0.25) is 0 Å². The molecule has 200 valence electrons. The Hall–Kier alpha value is -4.72. The molecule has 1 aromatic heterocycles. The summed E-state index contributed by atoms with van der Waals surface area (Å²) < 4.78 is 1.64. The third kappa shape index (κ3) is 6.59. The summed E-state index contributed by atoms with van der Waals surface area (Å²) in [7, 11) is 0. The number of nitrogens with zero attached hydrogens (tertiary/aromatic N) is 2. The van der Waals surface area contributed by atoms with Crippen molar-refractivity contribution in [3.05, 3.63) is 111 Å². The minimum Gasteiger partial charge on any atom is -0.481 e. The van der Waals surface area contributed by atoms with Gasteiger partial charge in [0.1, 0.15) is 5.82 Å². The lowest BCUT2D eigenvalue weighted by atomic mass is 9.97. The van der Waals surface area contributed by atoms with Gasteiger partial charge in [-0.1, -0.05) is 61.5 Å². The topological polar surface area (TPSA) is 113 Å².